The number of carbonyl (C=O) groups excluding carboxylic acids is 2. The fraction of sp³-hybridized carbons (Fsp3) is 0.222. The molecule has 0 radical (unpaired) electrons. The van der Waals surface area contributed by atoms with Gasteiger partial charge >= 0.3 is 0 Å². The van der Waals surface area contributed by atoms with Crippen LogP contribution in [0.1, 0.15) is 24.9 Å². The molecule has 0 bridgehead atoms. The van der Waals surface area contributed by atoms with Gasteiger partial charge in [0.25, 0.3) is 0 Å². The largest absolute Gasteiger partial charge is 0.497 e. The van der Waals surface area contributed by atoms with Crippen LogP contribution in [0.5, 0.6) is 5.75 Å². The van der Waals surface area contributed by atoms with Crippen LogP contribution in [-0.2, 0) is 9.59 Å². The molecule has 1 unspecified atom stereocenters. The van der Waals surface area contributed by atoms with Crippen molar-refractivity contribution in [1.29, 1.82) is 0 Å². The molecular formula is C18H18Cl2N2O3. The van der Waals surface area contributed by atoms with Crippen LogP contribution in [0.3, 0.4) is 0 Å². The van der Waals surface area contributed by atoms with Crippen molar-refractivity contribution in [1.82, 2.24) is 5.32 Å². The summed E-state index contributed by atoms with van der Waals surface area (Å²) in [6, 6.07) is 11.5. The number of amides is 2. The summed E-state index contributed by atoms with van der Waals surface area (Å²) in [6.07, 6.45) is 0.0503. The van der Waals surface area contributed by atoms with Crippen molar-refractivity contribution in [2.24, 2.45) is 0 Å². The van der Waals surface area contributed by atoms with Crippen molar-refractivity contribution in [2.45, 2.75) is 19.4 Å². The van der Waals surface area contributed by atoms with Gasteiger partial charge < -0.3 is 15.4 Å². The molecule has 2 aromatic rings. The summed E-state index contributed by atoms with van der Waals surface area (Å²) < 4.78 is 5.12. The van der Waals surface area contributed by atoms with Crippen LogP contribution in [0.4, 0.5) is 5.69 Å². The van der Waals surface area contributed by atoms with Crippen molar-refractivity contribution >= 4 is 40.7 Å². The highest BCUT2D eigenvalue weighted by molar-refractivity contribution is 6.35. The second kappa shape index (κ2) is 8.74. The number of halogens is 2. The first kappa shape index (κ1) is 19.1. The second-order valence-corrected chi connectivity index (χ2v) is 6.25. The van der Waals surface area contributed by atoms with Gasteiger partial charge in [0.1, 0.15) is 5.75 Å². The molecule has 0 aliphatic carbocycles. The first-order valence-corrected chi connectivity index (χ1v) is 8.30. The van der Waals surface area contributed by atoms with Gasteiger partial charge in [0.05, 0.1) is 30.3 Å². The number of methoxy groups -OCH3 is 1. The molecular weight excluding hydrogens is 363 g/mol. The van der Waals surface area contributed by atoms with Crippen LogP contribution in [0.25, 0.3) is 0 Å². The van der Waals surface area contributed by atoms with Crippen LogP contribution in [-0.4, -0.2) is 18.9 Å². The maximum Gasteiger partial charge on any atom is 0.226 e. The Balaban J connectivity index is 2.13. The summed E-state index contributed by atoms with van der Waals surface area (Å²) in [5.41, 5.74) is 1.22. The van der Waals surface area contributed by atoms with E-state index in [1.54, 1.807) is 49.6 Å². The molecule has 0 fully saturated rings. The number of ether oxygens (including phenoxy) is 1. The molecule has 2 aromatic carbocycles. The Bertz CT molecular complexity index is 763. The molecule has 0 spiro atoms. The zero-order chi connectivity index (χ0) is 18.4. The zero-order valence-corrected chi connectivity index (χ0v) is 15.3. The maximum atomic E-state index is 12.4. The van der Waals surface area contributed by atoms with Gasteiger partial charge in [0, 0.05) is 11.9 Å². The van der Waals surface area contributed by atoms with Crippen molar-refractivity contribution in [3.05, 3.63) is 58.1 Å². The van der Waals surface area contributed by atoms with Crippen molar-refractivity contribution in [2.75, 3.05) is 12.4 Å². The van der Waals surface area contributed by atoms with Gasteiger partial charge in [-0.2, -0.15) is 0 Å². The summed E-state index contributed by atoms with van der Waals surface area (Å²) in [7, 11) is 1.57. The third-order valence-electron chi connectivity index (χ3n) is 3.49. The van der Waals surface area contributed by atoms with Gasteiger partial charge in [-0.3, -0.25) is 9.59 Å². The topological polar surface area (TPSA) is 67.4 Å². The molecule has 1 atom stereocenters. The van der Waals surface area contributed by atoms with Crippen molar-refractivity contribution in [3.8, 4) is 5.75 Å². The molecule has 2 N–H and O–H groups in total. The number of carbonyl (C=O) groups is 2. The quantitative estimate of drug-likeness (QED) is 0.788. The number of nitrogens with one attached hydrogen (secondary N) is 2. The van der Waals surface area contributed by atoms with Crippen molar-refractivity contribution < 1.29 is 14.3 Å². The van der Waals surface area contributed by atoms with E-state index >= 15 is 0 Å². The van der Waals surface area contributed by atoms with Gasteiger partial charge in [-0.1, -0.05) is 35.3 Å². The van der Waals surface area contributed by atoms with E-state index in [0.717, 1.165) is 5.56 Å². The van der Waals surface area contributed by atoms with Gasteiger partial charge in [-0.25, -0.2) is 0 Å². The molecule has 2 rings (SSSR count). The lowest BCUT2D eigenvalue weighted by atomic mass is 10.0. The Morgan fingerprint density at radius 3 is 2.40 bits per heavy atom. The maximum absolute atomic E-state index is 12.4. The summed E-state index contributed by atoms with van der Waals surface area (Å²) in [5.74, 6) is 0.175. The molecule has 0 heterocycles. The fourth-order valence-corrected chi connectivity index (χ4v) is 2.65. The van der Waals surface area contributed by atoms with E-state index in [0.29, 0.717) is 21.5 Å². The standard InChI is InChI=1S/C18H18Cl2N2O3/c1-11(23)21-16(12-3-6-14(25-2)7-4-12)10-18(24)22-17-9-13(19)5-8-15(17)20/h3-9,16H,10H2,1-2H3,(H,21,23)(H,22,24). The van der Waals surface area contributed by atoms with E-state index < -0.39 is 6.04 Å². The molecule has 7 heteroatoms. The SMILES string of the molecule is COc1ccc(C(CC(=O)Nc2cc(Cl)ccc2Cl)NC(C)=O)cc1. The smallest absolute Gasteiger partial charge is 0.226 e. The average Bonchev–Trinajstić information content (AvgIpc) is 2.57. The molecule has 2 amide bonds. The lowest BCUT2D eigenvalue weighted by Crippen LogP contribution is -2.29. The van der Waals surface area contributed by atoms with E-state index in [-0.39, 0.29) is 18.2 Å². The summed E-state index contributed by atoms with van der Waals surface area (Å²) in [5, 5.41) is 6.35. The third kappa shape index (κ3) is 5.66. The van der Waals surface area contributed by atoms with Gasteiger partial charge in [0.2, 0.25) is 11.8 Å². The first-order valence-electron chi connectivity index (χ1n) is 7.55. The number of hydrogen-bond acceptors (Lipinski definition) is 3. The van der Waals surface area contributed by atoms with Gasteiger partial charge in [-0.15, -0.1) is 0 Å². The minimum atomic E-state index is -0.471. The van der Waals surface area contributed by atoms with Gasteiger partial charge in [0.15, 0.2) is 0 Å². The third-order valence-corrected chi connectivity index (χ3v) is 4.05. The van der Waals surface area contributed by atoms with E-state index in [1.807, 2.05) is 0 Å². The average molecular weight is 381 g/mol. The monoisotopic (exact) mass is 380 g/mol. The zero-order valence-electron chi connectivity index (χ0n) is 13.8. The molecule has 0 saturated heterocycles. The van der Waals surface area contributed by atoms with E-state index in [1.165, 1.54) is 6.92 Å². The van der Waals surface area contributed by atoms with E-state index in [9.17, 15) is 9.59 Å². The highest BCUT2D eigenvalue weighted by Gasteiger charge is 2.18. The first-order chi connectivity index (χ1) is 11.9. The molecule has 0 saturated carbocycles. The number of hydrogen-bond donors (Lipinski definition) is 2. The molecule has 5 nitrogen and oxygen atoms in total. The van der Waals surface area contributed by atoms with Crippen LogP contribution in [0.2, 0.25) is 10.0 Å². The Hall–Kier alpha value is -2.24. The van der Waals surface area contributed by atoms with Crippen LogP contribution >= 0.6 is 23.2 Å². The lowest BCUT2D eigenvalue weighted by Gasteiger charge is -2.18. The molecule has 25 heavy (non-hydrogen) atoms. The normalized spacial score (nSPS) is 11.5. The predicted molar refractivity (Wildman–Crippen MR) is 99.3 cm³/mol. The predicted octanol–water partition coefficient (Wildman–Crippen LogP) is 4.21. The summed E-state index contributed by atoms with van der Waals surface area (Å²) in [4.78, 5) is 23.9. The number of rotatable bonds is 6. The minimum Gasteiger partial charge on any atom is -0.497 e. The number of benzene rings is 2. The molecule has 0 aliphatic heterocycles. The van der Waals surface area contributed by atoms with Crippen LogP contribution < -0.4 is 15.4 Å². The Morgan fingerprint density at radius 1 is 1.12 bits per heavy atom. The highest BCUT2D eigenvalue weighted by Crippen LogP contribution is 2.26. The molecule has 0 aliphatic rings. The van der Waals surface area contributed by atoms with Crippen LogP contribution in [0.15, 0.2) is 42.5 Å². The second-order valence-electron chi connectivity index (χ2n) is 5.40. The van der Waals surface area contributed by atoms with Gasteiger partial charge in [-0.05, 0) is 35.9 Å². The van der Waals surface area contributed by atoms with E-state index in [2.05, 4.69) is 10.6 Å². The van der Waals surface area contributed by atoms with E-state index in [4.69, 9.17) is 27.9 Å². The van der Waals surface area contributed by atoms with Crippen molar-refractivity contribution in [3.63, 3.8) is 0 Å². The Kier molecular flexibility index (Phi) is 6.67. The lowest BCUT2D eigenvalue weighted by molar-refractivity contribution is -0.120. The highest BCUT2D eigenvalue weighted by atomic mass is 35.5. The number of anilines is 1. The Morgan fingerprint density at radius 2 is 1.80 bits per heavy atom. The molecule has 132 valence electrons. The van der Waals surface area contributed by atoms with Crippen LogP contribution in [0, 0.1) is 0 Å². The Labute approximate surface area is 156 Å². The summed E-state index contributed by atoms with van der Waals surface area (Å²) >= 11 is 12.0. The minimum absolute atomic E-state index is 0.0503. The molecule has 0 aromatic heterocycles. The fourth-order valence-electron chi connectivity index (χ4n) is 2.31. The summed E-state index contributed by atoms with van der Waals surface area (Å²) in [6.45, 7) is 1.41.